The Morgan fingerprint density at radius 3 is 2.44 bits per heavy atom. The van der Waals surface area contributed by atoms with E-state index in [0.29, 0.717) is 5.69 Å². The fourth-order valence-electron chi connectivity index (χ4n) is 0.468. The predicted molar refractivity (Wildman–Crippen MR) is 33.0 cm³/mol. The molecule has 0 aromatic carbocycles. The summed E-state index contributed by atoms with van der Waals surface area (Å²) in [6.45, 7) is 1.90. The number of aromatic nitrogens is 1. The van der Waals surface area contributed by atoms with E-state index in [2.05, 4.69) is 4.98 Å². The predicted octanol–water partition coefficient (Wildman–Crippen LogP) is 2.07. The van der Waals surface area contributed by atoms with Crippen molar-refractivity contribution in [2.45, 2.75) is 6.92 Å². The molecule has 0 spiro atoms. The summed E-state index contributed by atoms with van der Waals surface area (Å²) in [5, 5.41) is 0. The molecule has 9 heavy (non-hydrogen) atoms. The molecule has 0 fully saturated rings. The van der Waals surface area contributed by atoms with Gasteiger partial charge in [0.1, 0.15) is 0 Å². The molecule has 1 N–H and O–H groups in total. The van der Waals surface area contributed by atoms with Crippen molar-refractivity contribution in [2.24, 2.45) is 0 Å². The Labute approximate surface area is 90.4 Å². The largest absolute Gasteiger partial charge is 0.697 e. The molecule has 0 bridgehead atoms. The Morgan fingerprint density at radius 1 is 1.44 bits per heavy atom. The number of pyridine rings is 1. The minimum atomic E-state index is 0. The molecule has 1 rings (SSSR count). The number of hydrogen-bond donors (Lipinski definition) is 0. The Kier molecular flexibility index (Phi) is 4.43. The first kappa shape index (κ1) is 9.39. The molecule has 2 nitrogen and oxygen atoms in total. The van der Waals surface area contributed by atoms with Crippen LogP contribution in [0.2, 0.25) is 0 Å². The molecule has 0 aliphatic rings. The van der Waals surface area contributed by atoms with E-state index in [0.717, 1.165) is 5.69 Å². The van der Waals surface area contributed by atoms with Crippen molar-refractivity contribution in [2.75, 3.05) is 0 Å². The van der Waals surface area contributed by atoms with Crippen molar-refractivity contribution < 1.29 is 44.1 Å². The normalized spacial score (nSPS) is 8.11. The van der Waals surface area contributed by atoms with Crippen molar-refractivity contribution in [3.8, 4) is 0 Å². The topological polar surface area (TPSA) is 36.7 Å². The van der Waals surface area contributed by atoms with E-state index in [9.17, 15) is 0 Å². The zero-order chi connectivity index (χ0) is 5.98. The minimum Gasteiger partial charge on any atom is -0.697 e. The summed E-state index contributed by atoms with van der Waals surface area (Å²) in [6, 6.07) is 3.55. The van der Waals surface area contributed by atoms with Crippen LogP contribution in [0.1, 0.15) is 5.69 Å². The molecule has 0 aliphatic carbocycles. The summed E-state index contributed by atoms with van der Waals surface area (Å²) in [6.07, 6.45) is 1.54. The van der Waals surface area contributed by atoms with Crippen molar-refractivity contribution >= 4 is 5.69 Å². The summed E-state index contributed by atoms with van der Waals surface area (Å²) in [5.74, 6) is 0. The fraction of sp³-hybridized carbons (Fsp3) is 0.167. The van der Waals surface area contributed by atoms with Gasteiger partial charge in [0.05, 0.1) is 0 Å². The van der Waals surface area contributed by atoms with E-state index in [1.165, 1.54) is 6.20 Å². The van der Waals surface area contributed by atoms with Gasteiger partial charge < -0.3 is 5.73 Å². The molecular formula is C6H7AcN2-. The van der Waals surface area contributed by atoms with Gasteiger partial charge in [-0.2, -0.15) is 0 Å². The Bertz CT molecular complexity index is 150. The maximum atomic E-state index is 7.03. The van der Waals surface area contributed by atoms with Crippen LogP contribution in [-0.4, -0.2) is 4.98 Å². The molecule has 1 aromatic rings. The Morgan fingerprint density at radius 2 is 2.11 bits per heavy atom. The van der Waals surface area contributed by atoms with Gasteiger partial charge in [-0.3, -0.25) is 4.98 Å². The van der Waals surface area contributed by atoms with Gasteiger partial charge in [0.2, 0.25) is 0 Å². The van der Waals surface area contributed by atoms with E-state index in [1.807, 2.05) is 13.0 Å². The first-order chi connectivity index (χ1) is 3.79. The van der Waals surface area contributed by atoms with Crippen LogP contribution in [0.15, 0.2) is 18.3 Å². The monoisotopic (exact) mass is 334 g/mol. The average molecular weight is 334 g/mol. The standard InChI is InChI=1S/C6H7N2.Ac/c1-5-2-3-6(7)4-8-5;/h2-4,7H,1H3;/q-1;. The summed E-state index contributed by atoms with van der Waals surface area (Å²) in [7, 11) is 0. The number of aryl methyl sites for hydroxylation is 1. The first-order valence-corrected chi connectivity index (χ1v) is 2.43. The molecule has 0 atom stereocenters. The summed E-state index contributed by atoms with van der Waals surface area (Å²) in [5.41, 5.74) is 8.46. The van der Waals surface area contributed by atoms with Crippen molar-refractivity contribution in [3.05, 3.63) is 29.8 Å². The van der Waals surface area contributed by atoms with Gasteiger partial charge in [0.25, 0.3) is 0 Å². The van der Waals surface area contributed by atoms with Crippen molar-refractivity contribution in [1.29, 1.82) is 0 Å². The second kappa shape index (κ2) is 4.25. The van der Waals surface area contributed by atoms with Crippen LogP contribution >= 0.6 is 0 Å². The van der Waals surface area contributed by atoms with Crippen molar-refractivity contribution in [3.63, 3.8) is 0 Å². The quantitative estimate of drug-likeness (QED) is 0.716. The molecule has 1 aromatic heterocycles. The molecule has 0 unspecified atom stereocenters. The smallest absolute Gasteiger partial charge is 0.0371 e. The number of nitrogens with one attached hydrogen (secondary N) is 1. The second-order valence-corrected chi connectivity index (χ2v) is 1.69. The van der Waals surface area contributed by atoms with Crippen LogP contribution in [0, 0.1) is 51.0 Å². The molecule has 0 aliphatic heterocycles. The van der Waals surface area contributed by atoms with E-state index in [4.69, 9.17) is 5.73 Å². The summed E-state index contributed by atoms with van der Waals surface area (Å²) < 4.78 is 0. The van der Waals surface area contributed by atoms with Gasteiger partial charge in [-0.25, -0.2) is 0 Å². The maximum absolute atomic E-state index is 7.03. The van der Waals surface area contributed by atoms with Crippen molar-refractivity contribution in [1.82, 2.24) is 4.98 Å². The molecule has 0 saturated carbocycles. The van der Waals surface area contributed by atoms with Crippen LogP contribution in [0.25, 0.3) is 5.73 Å². The minimum absolute atomic E-state index is 0. The third-order valence-corrected chi connectivity index (χ3v) is 0.911. The van der Waals surface area contributed by atoms with Gasteiger partial charge in [-0.05, 0) is 13.0 Å². The van der Waals surface area contributed by atoms with Crippen LogP contribution in [0.5, 0.6) is 0 Å². The van der Waals surface area contributed by atoms with Gasteiger partial charge >= 0.3 is 0 Å². The van der Waals surface area contributed by atoms with Crippen LogP contribution in [0.4, 0.5) is 5.69 Å². The van der Waals surface area contributed by atoms with Gasteiger partial charge in [-0.1, -0.05) is 6.07 Å². The molecule has 45 valence electrons. The average Bonchev–Trinajstić information content (AvgIpc) is 1.77. The zero-order valence-corrected chi connectivity index (χ0v) is 10.0. The third-order valence-electron chi connectivity index (χ3n) is 0.911. The molecular weight excluding hydrogens is 327 g/mol. The van der Waals surface area contributed by atoms with E-state index in [1.54, 1.807) is 6.07 Å². The number of hydrogen-bond acceptors (Lipinski definition) is 1. The van der Waals surface area contributed by atoms with E-state index >= 15 is 0 Å². The molecule has 1 radical (unpaired) electrons. The fourth-order valence-corrected chi connectivity index (χ4v) is 0.468. The second-order valence-electron chi connectivity index (χ2n) is 1.69. The Balaban J connectivity index is 0.000000640. The summed E-state index contributed by atoms with van der Waals surface area (Å²) in [4.78, 5) is 3.89. The van der Waals surface area contributed by atoms with Crippen LogP contribution < -0.4 is 0 Å². The number of rotatable bonds is 0. The molecule has 3 heteroatoms. The maximum Gasteiger partial charge on any atom is 0.0371 e. The zero-order valence-electron chi connectivity index (χ0n) is 5.26. The first-order valence-electron chi connectivity index (χ1n) is 2.43. The third kappa shape index (κ3) is 3.17. The van der Waals surface area contributed by atoms with Crippen LogP contribution in [-0.2, 0) is 0 Å². The number of nitrogens with zero attached hydrogens (tertiary/aromatic N) is 1. The summed E-state index contributed by atoms with van der Waals surface area (Å²) >= 11 is 0. The molecule has 1 heterocycles. The van der Waals surface area contributed by atoms with Gasteiger partial charge in [-0.15, -0.1) is 5.69 Å². The van der Waals surface area contributed by atoms with E-state index < -0.39 is 0 Å². The van der Waals surface area contributed by atoms with Gasteiger partial charge in [0, 0.05) is 56.0 Å². The Hall–Kier alpha value is 0.392. The molecule has 0 saturated heterocycles. The molecule has 0 amide bonds. The van der Waals surface area contributed by atoms with Crippen LogP contribution in [0.3, 0.4) is 0 Å². The van der Waals surface area contributed by atoms with E-state index in [-0.39, 0.29) is 44.1 Å². The van der Waals surface area contributed by atoms with Gasteiger partial charge in [0.15, 0.2) is 0 Å². The SMILES string of the molecule is Cc1ccc([NH-])cn1.[Ac].